The van der Waals surface area contributed by atoms with E-state index in [1.165, 1.54) is 10.8 Å². The van der Waals surface area contributed by atoms with Crippen molar-refractivity contribution >= 4 is 15.9 Å². The molecule has 0 aromatic heterocycles. The number of benzene rings is 1. The summed E-state index contributed by atoms with van der Waals surface area (Å²) in [5.74, 6) is 0. The second-order valence-electron chi connectivity index (χ2n) is 4.45. The van der Waals surface area contributed by atoms with Gasteiger partial charge in [-0.25, -0.2) is 0 Å². The molecule has 0 spiro atoms. The van der Waals surface area contributed by atoms with E-state index in [2.05, 4.69) is 10.0 Å². The van der Waals surface area contributed by atoms with E-state index in [4.69, 9.17) is 0 Å². The van der Waals surface area contributed by atoms with Crippen molar-refractivity contribution in [2.75, 3.05) is 17.8 Å². The van der Waals surface area contributed by atoms with Gasteiger partial charge in [-0.1, -0.05) is 6.07 Å². The van der Waals surface area contributed by atoms with E-state index in [0.717, 1.165) is 24.1 Å². The Balaban J connectivity index is 2.05. The van der Waals surface area contributed by atoms with Crippen molar-refractivity contribution in [1.29, 1.82) is 0 Å². The van der Waals surface area contributed by atoms with Crippen LogP contribution in [0.15, 0.2) is 18.2 Å². The standard InChI is InChI=1S/C11H14F3N3O2S/c12-11(13,14)7-16-20(18,19)17-10-2-1-8-3-4-15-6-9(8)5-10/h1-2,5,15-17H,3-4,6-7H2. The van der Waals surface area contributed by atoms with Crippen molar-refractivity contribution in [2.45, 2.75) is 19.1 Å². The number of fused-ring (bicyclic) bond motifs is 1. The average molecular weight is 309 g/mol. The van der Waals surface area contributed by atoms with Crippen LogP contribution in [0.3, 0.4) is 0 Å². The molecule has 0 unspecified atom stereocenters. The molecule has 0 radical (unpaired) electrons. The molecule has 2 rings (SSSR count). The van der Waals surface area contributed by atoms with Crippen LogP contribution in [0, 0.1) is 0 Å². The Morgan fingerprint density at radius 3 is 2.70 bits per heavy atom. The number of alkyl halides is 3. The molecule has 1 aromatic rings. The van der Waals surface area contributed by atoms with Crippen LogP contribution in [0.2, 0.25) is 0 Å². The molecule has 5 nitrogen and oxygen atoms in total. The van der Waals surface area contributed by atoms with Crippen LogP contribution < -0.4 is 14.8 Å². The predicted molar refractivity (Wildman–Crippen MR) is 68.5 cm³/mol. The lowest BCUT2D eigenvalue weighted by Crippen LogP contribution is -2.37. The normalized spacial score (nSPS) is 15.8. The predicted octanol–water partition coefficient (Wildman–Crippen LogP) is 1.14. The van der Waals surface area contributed by atoms with E-state index in [0.29, 0.717) is 6.54 Å². The smallest absolute Gasteiger partial charge is 0.312 e. The summed E-state index contributed by atoms with van der Waals surface area (Å²) in [6, 6.07) is 4.93. The molecular formula is C11H14F3N3O2S. The van der Waals surface area contributed by atoms with Crippen LogP contribution in [0.5, 0.6) is 0 Å². The first-order chi connectivity index (χ1) is 9.25. The third-order valence-electron chi connectivity index (χ3n) is 2.81. The van der Waals surface area contributed by atoms with E-state index < -0.39 is 22.9 Å². The summed E-state index contributed by atoms with van der Waals surface area (Å²) in [5.41, 5.74) is 2.28. The summed E-state index contributed by atoms with van der Waals surface area (Å²) in [6.45, 7) is -0.138. The van der Waals surface area contributed by atoms with Gasteiger partial charge in [-0.3, -0.25) is 4.72 Å². The molecule has 0 bridgehead atoms. The minimum atomic E-state index is -4.59. The molecule has 0 fully saturated rings. The highest BCUT2D eigenvalue weighted by Crippen LogP contribution is 2.20. The maximum Gasteiger partial charge on any atom is 0.402 e. The van der Waals surface area contributed by atoms with Gasteiger partial charge in [-0.2, -0.15) is 26.3 Å². The number of nitrogens with one attached hydrogen (secondary N) is 3. The van der Waals surface area contributed by atoms with Crippen molar-refractivity contribution < 1.29 is 21.6 Å². The van der Waals surface area contributed by atoms with Crippen LogP contribution in [0.25, 0.3) is 0 Å². The maximum atomic E-state index is 12.0. The van der Waals surface area contributed by atoms with Gasteiger partial charge < -0.3 is 5.32 Å². The van der Waals surface area contributed by atoms with Crippen LogP contribution in [0.4, 0.5) is 18.9 Å². The molecule has 0 amide bonds. The van der Waals surface area contributed by atoms with Crippen molar-refractivity contribution in [2.24, 2.45) is 0 Å². The fourth-order valence-corrected chi connectivity index (χ4v) is 2.78. The van der Waals surface area contributed by atoms with Crippen molar-refractivity contribution in [3.05, 3.63) is 29.3 Å². The van der Waals surface area contributed by atoms with Crippen LogP contribution in [0.1, 0.15) is 11.1 Å². The minimum absolute atomic E-state index is 0.238. The number of anilines is 1. The lowest BCUT2D eigenvalue weighted by molar-refractivity contribution is -0.121. The summed E-state index contributed by atoms with van der Waals surface area (Å²) in [6.07, 6.45) is -3.75. The molecule has 1 aliphatic heterocycles. The molecule has 0 aliphatic carbocycles. The molecular weight excluding hydrogens is 295 g/mol. The molecule has 0 saturated carbocycles. The summed E-state index contributed by atoms with van der Waals surface area (Å²) >= 11 is 0. The maximum absolute atomic E-state index is 12.0. The van der Waals surface area contributed by atoms with E-state index in [1.807, 2.05) is 0 Å². The van der Waals surface area contributed by atoms with Crippen molar-refractivity contribution in [3.8, 4) is 0 Å². The summed E-state index contributed by atoms with van der Waals surface area (Å²) in [7, 11) is -4.23. The Kier molecular flexibility index (Phi) is 4.21. The molecule has 20 heavy (non-hydrogen) atoms. The first kappa shape index (κ1) is 15.1. The lowest BCUT2D eigenvalue weighted by Gasteiger charge is -2.18. The largest absolute Gasteiger partial charge is 0.402 e. The van der Waals surface area contributed by atoms with Gasteiger partial charge in [0.05, 0.1) is 5.69 Å². The molecule has 9 heteroatoms. The molecule has 1 aliphatic rings. The van der Waals surface area contributed by atoms with Crippen molar-refractivity contribution in [3.63, 3.8) is 0 Å². The van der Waals surface area contributed by atoms with Gasteiger partial charge in [0.25, 0.3) is 10.2 Å². The third kappa shape index (κ3) is 4.36. The van der Waals surface area contributed by atoms with Crippen molar-refractivity contribution in [1.82, 2.24) is 10.0 Å². The zero-order valence-electron chi connectivity index (χ0n) is 10.4. The Morgan fingerprint density at radius 1 is 1.25 bits per heavy atom. The molecule has 112 valence electrons. The van der Waals surface area contributed by atoms with E-state index >= 15 is 0 Å². The van der Waals surface area contributed by atoms with Gasteiger partial charge in [0.1, 0.15) is 6.54 Å². The second kappa shape index (κ2) is 5.58. The Morgan fingerprint density at radius 2 is 2.00 bits per heavy atom. The first-order valence-corrected chi connectivity index (χ1v) is 7.40. The fraction of sp³-hybridized carbons (Fsp3) is 0.455. The molecule has 3 N–H and O–H groups in total. The Bertz CT molecular complexity index is 587. The molecule has 1 aromatic carbocycles. The monoisotopic (exact) mass is 309 g/mol. The zero-order chi connectivity index (χ0) is 14.8. The third-order valence-corrected chi connectivity index (χ3v) is 3.84. The number of rotatable bonds is 4. The highest BCUT2D eigenvalue weighted by Gasteiger charge is 2.29. The zero-order valence-corrected chi connectivity index (χ0v) is 11.2. The van der Waals surface area contributed by atoms with Gasteiger partial charge in [-0.15, -0.1) is 0 Å². The first-order valence-electron chi connectivity index (χ1n) is 5.92. The number of halogens is 3. The van der Waals surface area contributed by atoms with Gasteiger partial charge >= 0.3 is 6.18 Å². The summed E-state index contributed by atoms with van der Waals surface area (Å²) in [5, 5.41) is 3.13. The van der Waals surface area contributed by atoms with Crippen LogP contribution >= 0.6 is 0 Å². The summed E-state index contributed by atoms with van der Waals surface area (Å²) < 4.78 is 62.4. The molecule has 1 heterocycles. The Hall–Kier alpha value is -1.32. The SMILES string of the molecule is O=S(=O)(NCC(F)(F)F)Nc1ccc2c(c1)CNCC2. The van der Waals surface area contributed by atoms with Crippen LogP contribution in [-0.2, 0) is 23.2 Å². The molecule has 0 saturated heterocycles. The quantitative estimate of drug-likeness (QED) is 0.781. The number of hydrogen-bond acceptors (Lipinski definition) is 3. The van der Waals surface area contributed by atoms with E-state index in [9.17, 15) is 21.6 Å². The van der Waals surface area contributed by atoms with E-state index in [-0.39, 0.29) is 5.69 Å². The van der Waals surface area contributed by atoms with Gasteiger partial charge in [0.2, 0.25) is 0 Å². The topological polar surface area (TPSA) is 70.2 Å². The lowest BCUT2D eigenvalue weighted by atomic mass is 10.0. The summed E-state index contributed by atoms with van der Waals surface area (Å²) in [4.78, 5) is 0. The molecule has 0 atom stereocenters. The Labute approximate surface area is 114 Å². The van der Waals surface area contributed by atoms with Crippen LogP contribution in [-0.4, -0.2) is 27.7 Å². The highest BCUT2D eigenvalue weighted by molar-refractivity contribution is 7.90. The van der Waals surface area contributed by atoms with E-state index in [1.54, 1.807) is 12.1 Å². The average Bonchev–Trinajstić information content (AvgIpc) is 2.35. The van der Waals surface area contributed by atoms with Gasteiger partial charge in [0.15, 0.2) is 0 Å². The second-order valence-corrected chi connectivity index (χ2v) is 5.95. The minimum Gasteiger partial charge on any atom is -0.312 e. The van der Waals surface area contributed by atoms with Gasteiger partial charge in [-0.05, 0) is 36.2 Å². The van der Waals surface area contributed by atoms with Gasteiger partial charge in [0, 0.05) is 6.54 Å². The number of hydrogen-bond donors (Lipinski definition) is 3. The fourth-order valence-electron chi connectivity index (χ4n) is 1.91. The highest BCUT2D eigenvalue weighted by atomic mass is 32.2.